The Labute approximate surface area is 167 Å². The van der Waals surface area contributed by atoms with Gasteiger partial charge in [0.2, 0.25) is 0 Å². The average Bonchev–Trinajstić information content (AvgIpc) is 2.57. The number of rotatable bonds is 14. The summed E-state index contributed by atoms with van der Waals surface area (Å²) in [6.45, 7) is 19.9. The first-order valence-corrected chi connectivity index (χ1v) is 18.2. The van der Waals surface area contributed by atoms with Crippen LogP contribution >= 0.6 is 0 Å². The van der Waals surface area contributed by atoms with Crippen molar-refractivity contribution in [2.45, 2.75) is 112 Å². The molecule has 0 heterocycles. The summed E-state index contributed by atoms with van der Waals surface area (Å²) in [5.41, 5.74) is -0.434. The molecule has 4 heteroatoms. The van der Waals surface area contributed by atoms with Gasteiger partial charge in [0.1, 0.15) is 0 Å². The minimum atomic E-state index is -2.41. The standard InChI is InChI=1S/C10H18NO2.3C4H9.Sn/c1-6-7-11-8(2)9(12)13-10(3,4)5;3*1-3-4-2;/h8,11H,1,7H2,2-5H3;3*1,3-4H2,2H3;/t8-;;;;/m0..../s1. The van der Waals surface area contributed by atoms with E-state index in [0.29, 0.717) is 0 Å². The summed E-state index contributed by atoms with van der Waals surface area (Å²) < 4.78 is 11.2. The Morgan fingerprint density at radius 3 is 1.77 bits per heavy atom. The van der Waals surface area contributed by atoms with Crippen molar-refractivity contribution in [2.75, 3.05) is 6.54 Å². The van der Waals surface area contributed by atoms with Gasteiger partial charge in [0.15, 0.2) is 0 Å². The van der Waals surface area contributed by atoms with Gasteiger partial charge in [0.25, 0.3) is 0 Å². The Bertz CT molecular complexity index is 393. The summed E-state index contributed by atoms with van der Waals surface area (Å²) in [5, 5.41) is 3.42. The van der Waals surface area contributed by atoms with E-state index in [9.17, 15) is 4.79 Å². The Morgan fingerprint density at radius 2 is 1.42 bits per heavy atom. The molecule has 26 heavy (non-hydrogen) atoms. The van der Waals surface area contributed by atoms with E-state index < -0.39 is 24.0 Å². The van der Waals surface area contributed by atoms with Crippen LogP contribution in [-0.2, 0) is 9.53 Å². The second-order valence-corrected chi connectivity index (χ2v) is 22.4. The number of nitrogens with one attached hydrogen (secondary N) is 1. The second kappa shape index (κ2) is 13.2. The van der Waals surface area contributed by atoms with Gasteiger partial charge < -0.3 is 0 Å². The van der Waals surface area contributed by atoms with Crippen LogP contribution in [0, 0.1) is 0 Å². The summed E-state index contributed by atoms with van der Waals surface area (Å²) in [5.74, 6) is -0.165. The van der Waals surface area contributed by atoms with Crippen LogP contribution in [-0.4, -0.2) is 42.5 Å². The van der Waals surface area contributed by atoms with Crippen LogP contribution in [0.2, 0.25) is 13.3 Å². The number of esters is 1. The molecule has 0 unspecified atom stereocenters. The van der Waals surface area contributed by atoms with Crippen LogP contribution < -0.4 is 5.32 Å². The zero-order valence-corrected chi connectivity index (χ0v) is 21.5. The minimum absolute atomic E-state index is 0.165. The molecule has 0 aliphatic heterocycles. The van der Waals surface area contributed by atoms with E-state index in [4.69, 9.17) is 4.74 Å². The number of carbonyl (C=O) groups is 1. The number of carbonyl (C=O) groups excluding carboxylic acids is 1. The van der Waals surface area contributed by atoms with Gasteiger partial charge >= 0.3 is 168 Å². The molecule has 0 bridgehead atoms. The van der Waals surface area contributed by atoms with E-state index in [2.05, 4.69) is 32.7 Å². The summed E-state index contributed by atoms with van der Waals surface area (Å²) in [6, 6.07) is -0.279. The van der Waals surface area contributed by atoms with Crippen LogP contribution in [0.25, 0.3) is 0 Å². The second-order valence-electron chi connectivity index (χ2n) is 8.83. The molecule has 0 amide bonds. The Kier molecular flexibility index (Phi) is 13.2. The van der Waals surface area contributed by atoms with E-state index in [1.807, 2.05) is 27.7 Å². The molecule has 0 rings (SSSR count). The van der Waals surface area contributed by atoms with Gasteiger partial charge in [-0.2, -0.15) is 0 Å². The van der Waals surface area contributed by atoms with Crippen molar-refractivity contribution >= 4 is 24.3 Å². The van der Waals surface area contributed by atoms with Crippen molar-refractivity contribution in [1.29, 1.82) is 0 Å². The first kappa shape index (κ1) is 26.0. The molecule has 0 aromatic carbocycles. The normalized spacial score (nSPS) is 13.5. The number of hydrogen-bond acceptors (Lipinski definition) is 3. The van der Waals surface area contributed by atoms with E-state index >= 15 is 0 Å². The number of ether oxygens (including phenoxy) is 1. The van der Waals surface area contributed by atoms with E-state index in [0.717, 1.165) is 6.54 Å². The summed E-state index contributed by atoms with van der Waals surface area (Å²) >= 11 is -2.41. The molecular weight excluding hydrogens is 429 g/mol. The average molecular weight is 474 g/mol. The van der Waals surface area contributed by atoms with Crippen molar-refractivity contribution in [3.05, 3.63) is 10.2 Å². The van der Waals surface area contributed by atoms with Crippen LogP contribution in [0.5, 0.6) is 0 Å². The maximum absolute atomic E-state index is 12.2. The van der Waals surface area contributed by atoms with Gasteiger partial charge in [-0.3, -0.25) is 0 Å². The van der Waals surface area contributed by atoms with Gasteiger partial charge in [-0.25, -0.2) is 0 Å². The quantitative estimate of drug-likeness (QED) is 0.239. The van der Waals surface area contributed by atoms with E-state index in [1.54, 1.807) is 0 Å². The fourth-order valence-corrected chi connectivity index (χ4v) is 18.7. The number of hydrogen-bond donors (Lipinski definition) is 1. The first-order chi connectivity index (χ1) is 12.1. The zero-order chi connectivity index (χ0) is 20.2. The monoisotopic (exact) mass is 475 g/mol. The molecule has 1 N–H and O–H groups in total. The van der Waals surface area contributed by atoms with Crippen LogP contribution in [0.15, 0.2) is 10.2 Å². The van der Waals surface area contributed by atoms with Crippen molar-refractivity contribution in [1.82, 2.24) is 5.32 Å². The molecule has 0 saturated heterocycles. The molecule has 3 nitrogen and oxygen atoms in total. The molecule has 1 atom stereocenters. The molecule has 0 aliphatic carbocycles. The van der Waals surface area contributed by atoms with Gasteiger partial charge in [-0.1, -0.05) is 0 Å². The van der Waals surface area contributed by atoms with Gasteiger partial charge in [0, 0.05) is 0 Å². The molecule has 0 radical (unpaired) electrons. The Morgan fingerprint density at radius 1 is 1.00 bits per heavy atom. The van der Waals surface area contributed by atoms with Crippen molar-refractivity contribution in [3.8, 4) is 0 Å². The SMILES string of the molecule is C=[C](CN[C@@H](C)C(=O)OC(C)(C)C)[Sn]([CH2]CCC)([CH2]CCC)[CH2]CCC. The van der Waals surface area contributed by atoms with Crippen molar-refractivity contribution < 1.29 is 9.53 Å². The Hall–Kier alpha value is -0.0313. The predicted octanol–water partition coefficient (Wildman–Crippen LogP) is 6.25. The molecule has 0 aromatic rings. The molecule has 0 fully saturated rings. The van der Waals surface area contributed by atoms with Gasteiger partial charge in [0.05, 0.1) is 0 Å². The fourth-order valence-electron chi connectivity index (χ4n) is 3.39. The van der Waals surface area contributed by atoms with Crippen LogP contribution in [0.1, 0.15) is 87.0 Å². The molecule has 0 saturated carbocycles. The van der Waals surface area contributed by atoms with Crippen LogP contribution in [0.4, 0.5) is 0 Å². The van der Waals surface area contributed by atoms with Crippen LogP contribution in [0.3, 0.4) is 0 Å². The molecule has 0 spiro atoms. The topological polar surface area (TPSA) is 38.3 Å². The zero-order valence-electron chi connectivity index (χ0n) is 18.7. The summed E-state index contributed by atoms with van der Waals surface area (Å²) in [4.78, 5) is 12.2. The third-order valence-electron chi connectivity index (χ3n) is 5.16. The maximum atomic E-state index is 12.2. The predicted molar refractivity (Wildman–Crippen MR) is 117 cm³/mol. The molecule has 0 aromatic heterocycles. The van der Waals surface area contributed by atoms with E-state index in [1.165, 1.54) is 55.4 Å². The van der Waals surface area contributed by atoms with E-state index in [-0.39, 0.29) is 12.0 Å². The fraction of sp³-hybridized carbons (Fsp3) is 0.864. The third-order valence-corrected chi connectivity index (χ3v) is 21.2. The van der Waals surface area contributed by atoms with Gasteiger partial charge in [-0.05, 0) is 0 Å². The summed E-state index contributed by atoms with van der Waals surface area (Å²) in [6.07, 6.45) is 7.82. The van der Waals surface area contributed by atoms with Crippen molar-refractivity contribution in [3.63, 3.8) is 0 Å². The van der Waals surface area contributed by atoms with Gasteiger partial charge in [-0.15, -0.1) is 0 Å². The summed E-state index contributed by atoms with van der Waals surface area (Å²) in [7, 11) is 0. The van der Waals surface area contributed by atoms with Crippen molar-refractivity contribution in [2.24, 2.45) is 0 Å². The first-order valence-electron chi connectivity index (χ1n) is 10.8. The number of unbranched alkanes of at least 4 members (excludes halogenated alkanes) is 3. The third kappa shape index (κ3) is 10.3. The Balaban J connectivity index is 4.99. The molecule has 0 aliphatic rings. The molecule has 154 valence electrons. The molecular formula is C22H45NO2Sn.